The monoisotopic (exact) mass is 308 g/mol. The number of hydrogen-bond acceptors (Lipinski definition) is 4. The van der Waals surface area contributed by atoms with Crippen LogP contribution in [0, 0.1) is 11.8 Å². The molecule has 4 heterocycles. The molecule has 0 radical (unpaired) electrons. The Morgan fingerprint density at radius 2 is 2.22 bits per heavy atom. The first-order chi connectivity index (χ1) is 11.3. The molecule has 1 aromatic carbocycles. The number of nitrogens with one attached hydrogen (secondary N) is 1. The maximum absolute atomic E-state index is 12.8. The molecule has 0 amide bonds. The number of hydrogen-bond donors (Lipinski definition) is 1. The number of ether oxygens (including phenoxy) is 1. The minimum Gasteiger partial charge on any atom is -0.461 e. The van der Waals surface area contributed by atoms with Crippen LogP contribution in [0.25, 0.3) is 0 Å². The molecule has 5 atom stereocenters. The number of anilines is 1. The molecule has 0 unspecified atom stereocenters. The van der Waals surface area contributed by atoms with Gasteiger partial charge in [-0.25, -0.2) is 0 Å². The Kier molecular flexibility index (Phi) is 2.18. The number of para-hydroxylation sites is 1. The molecule has 2 saturated heterocycles. The van der Waals surface area contributed by atoms with Crippen molar-refractivity contribution < 1.29 is 9.53 Å². The van der Waals surface area contributed by atoms with E-state index in [2.05, 4.69) is 40.6 Å². The van der Waals surface area contributed by atoms with Crippen molar-refractivity contribution >= 4 is 11.7 Å². The van der Waals surface area contributed by atoms with E-state index in [1.807, 2.05) is 0 Å². The Labute approximate surface area is 135 Å². The lowest BCUT2D eigenvalue weighted by Gasteiger charge is -2.53. The number of cyclic esters (lactones) is 1. The van der Waals surface area contributed by atoms with E-state index >= 15 is 0 Å². The van der Waals surface area contributed by atoms with E-state index in [1.165, 1.54) is 16.8 Å². The number of nitrogens with zero attached hydrogens (tertiary/aromatic N) is 1. The molecule has 4 nitrogen and oxygen atoms in total. The van der Waals surface area contributed by atoms with Crippen LogP contribution in [0.4, 0.5) is 5.69 Å². The quantitative estimate of drug-likeness (QED) is 0.587. The van der Waals surface area contributed by atoms with Crippen LogP contribution in [0.3, 0.4) is 0 Å². The molecule has 6 rings (SSSR count). The highest BCUT2D eigenvalue weighted by molar-refractivity contribution is 5.79. The third kappa shape index (κ3) is 1.32. The third-order valence-corrected chi connectivity index (χ3v) is 7.12. The van der Waals surface area contributed by atoms with Gasteiger partial charge in [0.15, 0.2) is 0 Å². The van der Waals surface area contributed by atoms with Gasteiger partial charge in [0.05, 0.1) is 12.0 Å². The van der Waals surface area contributed by atoms with Crippen molar-refractivity contribution in [2.24, 2.45) is 11.8 Å². The molecule has 1 spiro atoms. The summed E-state index contributed by atoms with van der Waals surface area (Å²) in [4.78, 5) is 15.4. The van der Waals surface area contributed by atoms with Gasteiger partial charge in [-0.05, 0) is 43.0 Å². The number of rotatable bonds is 0. The molecule has 23 heavy (non-hydrogen) atoms. The predicted molar refractivity (Wildman–Crippen MR) is 86.1 cm³/mol. The van der Waals surface area contributed by atoms with E-state index in [9.17, 15) is 4.79 Å². The zero-order valence-corrected chi connectivity index (χ0v) is 13.0. The zero-order chi connectivity index (χ0) is 15.2. The van der Waals surface area contributed by atoms with Crippen LogP contribution in [0.2, 0.25) is 0 Å². The van der Waals surface area contributed by atoms with Crippen molar-refractivity contribution in [1.82, 2.24) is 4.90 Å². The van der Waals surface area contributed by atoms with E-state index in [0.29, 0.717) is 18.6 Å². The Bertz CT molecular complexity index is 757. The summed E-state index contributed by atoms with van der Waals surface area (Å²) >= 11 is 0. The molecule has 4 heteroatoms. The average molecular weight is 308 g/mol. The minimum absolute atomic E-state index is 0.00438. The molecule has 1 saturated carbocycles. The van der Waals surface area contributed by atoms with Crippen LogP contribution in [0.15, 0.2) is 35.9 Å². The van der Waals surface area contributed by atoms with Gasteiger partial charge in [-0.3, -0.25) is 9.69 Å². The van der Waals surface area contributed by atoms with Crippen molar-refractivity contribution in [3.8, 4) is 0 Å². The van der Waals surface area contributed by atoms with Crippen molar-refractivity contribution in [2.45, 2.75) is 30.3 Å². The van der Waals surface area contributed by atoms with Crippen LogP contribution < -0.4 is 5.32 Å². The van der Waals surface area contributed by atoms with E-state index in [0.717, 1.165) is 25.9 Å². The van der Waals surface area contributed by atoms with E-state index in [-0.39, 0.29) is 23.3 Å². The van der Waals surface area contributed by atoms with Gasteiger partial charge >= 0.3 is 5.97 Å². The lowest BCUT2D eigenvalue weighted by molar-refractivity contribution is -0.151. The fourth-order valence-electron chi connectivity index (χ4n) is 6.29. The molecule has 5 aliphatic rings. The highest BCUT2D eigenvalue weighted by Gasteiger charge is 2.67. The van der Waals surface area contributed by atoms with Gasteiger partial charge in [-0.15, -0.1) is 0 Å². The Hall–Kier alpha value is -1.81. The van der Waals surface area contributed by atoms with Gasteiger partial charge in [0.2, 0.25) is 0 Å². The molecule has 1 N–H and O–H groups in total. The highest BCUT2D eigenvalue weighted by atomic mass is 16.5. The molecule has 118 valence electrons. The number of fused-ring (bicyclic) bond motifs is 2. The summed E-state index contributed by atoms with van der Waals surface area (Å²) in [5, 5.41) is 3.74. The average Bonchev–Trinajstić information content (AvgIpc) is 3.06. The molecule has 3 fully saturated rings. The summed E-state index contributed by atoms with van der Waals surface area (Å²) in [6, 6.07) is 9.44. The summed E-state index contributed by atoms with van der Waals surface area (Å²) in [7, 11) is 0. The van der Waals surface area contributed by atoms with E-state index < -0.39 is 0 Å². The summed E-state index contributed by atoms with van der Waals surface area (Å²) in [6.07, 6.45) is 4.43. The number of carbonyl (C=O) groups is 1. The topological polar surface area (TPSA) is 41.6 Å². The second-order valence-corrected chi connectivity index (χ2v) is 7.72. The fourth-order valence-corrected chi connectivity index (χ4v) is 6.29. The lowest BCUT2D eigenvalue weighted by atomic mass is 9.56. The van der Waals surface area contributed by atoms with Gasteiger partial charge in [0.1, 0.15) is 6.61 Å². The van der Waals surface area contributed by atoms with Crippen LogP contribution >= 0.6 is 0 Å². The smallest absolute Gasteiger partial charge is 0.311 e. The minimum atomic E-state index is -0.0346. The first-order valence-corrected chi connectivity index (χ1v) is 8.75. The molecular formula is C19H20N2O2. The van der Waals surface area contributed by atoms with Crippen LogP contribution in [-0.4, -0.2) is 42.6 Å². The number of piperidine rings is 1. The summed E-state index contributed by atoms with van der Waals surface area (Å²) in [6.45, 7) is 2.62. The Morgan fingerprint density at radius 1 is 1.30 bits per heavy atom. The maximum Gasteiger partial charge on any atom is 0.311 e. The van der Waals surface area contributed by atoms with Crippen LogP contribution in [0.5, 0.6) is 0 Å². The molecule has 4 aliphatic heterocycles. The summed E-state index contributed by atoms with van der Waals surface area (Å²) < 4.78 is 5.56. The van der Waals surface area contributed by atoms with Gasteiger partial charge in [0.25, 0.3) is 0 Å². The number of esters is 1. The van der Waals surface area contributed by atoms with Gasteiger partial charge in [0, 0.05) is 23.7 Å². The first-order valence-electron chi connectivity index (χ1n) is 8.75. The summed E-state index contributed by atoms with van der Waals surface area (Å²) in [5.41, 5.74) is 4.19. The Balaban J connectivity index is 1.61. The lowest BCUT2D eigenvalue weighted by Crippen LogP contribution is -2.63. The second-order valence-electron chi connectivity index (χ2n) is 7.72. The molecule has 0 aromatic heterocycles. The number of carbonyl (C=O) groups excluding carboxylic acids is 1. The highest BCUT2D eigenvalue weighted by Crippen LogP contribution is 2.61. The normalized spacial score (nSPS) is 43.0. The van der Waals surface area contributed by atoms with Crippen molar-refractivity contribution in [3.63, 3.8) is 0 Å². The molecule has 2 bridgehead atoms. The second kappa shape index (κ2) is 3.99. The standard InChI is InChI=1S/C19H20N2O2/c22-18-16-12-9-15-19(6-7-21(15)10-11(12)5-8-23-18)13-3-1-2-4-14(13)20-17(16)19/h1-5,12,15-17,20H,6-10H2/t12-,15-,16+,17-,19-/m0/s1. The third-order valence-electron chi connectivity index (χ3n) is 7.12. The van der Waals surface area contributed by atoms with Gasteiger partial charge < -0.3 is 10.1 Å². The van der Waals surface area contributed by atoms with E-state index in [1.54, 1.807) is 0 Å². The number of benzene rings is 1. The first kappa shape index (κ1) is 12.6. The van der Waals surface area contributed by atoms with Crippen molar-refractivity contribution in [2.75, 3.05) is 25.0 Å². The zero-order valence-electron chi connectivity index (χ0n) is 13.0. The fraction of sp³-hybridized carbons (Fsp3) is 0.526. The van der Waals surface area contributed by atoms with Crippen molar-refractivity contribution in [3.05, 3.63) is 41.5 Å². The molecule has 1 aromatic rings. The molecule has 1 aliphatic carbocycles. The van der Waals surface area contributed by atoms with E-state index in [4.69, 9.17) is 4.74 Å². The SMILES string of the molecule is O=C1OCC=C2CN3CC[C@@]45c6ccccc6N[C@H]4[C@H]1[C@H]2C[C@H]35. The molecular weight excluding hydrogens is 288 g/mol. The predicted octanol–water partition coefficient (Wildman–Crippen LogP) is 1.93. The van der Waals surface area contributed by atoms with Crippen LogP contribution in [-0.2, 0) is 14.9 Å². The van der Waals surface area contributed by atoms with Gasteiger partial charge in [-0.2, -0.15) is 0 Å². The van der Waals surface area contributed by atoms with Gasteiger partial charge in [-0.1, -0.05) is 23.8 Å². The largest absolute Gasteiger partial charge is 0.461 e. The summed E-state index contributed by atoms with van der Waals surface area (Å²) in [5.74, 6) is 0.335. The van der Waals surface area contributed by atoms with Crippen LogP contribution in [0.1, 0.15) is 18.4 Å². The maximum atomic E-state index is 12.8. The van der Waals surface area contributed by atoms with Crippen molar-refractivity contribution in [1.29, 1.82) is 0 Å². The Morgan fingerprint density at radius 3 is 3.17 bits per heavy atom.